The van der Waals surface area contributed by atoms with Crippen molar-refractivity contribution < 1.29 is 19.4 Å². The summed E-state index contributed by atoms with van der Waals surface area (Å²) in [5.41, 5.74) is 2.64. The van der Waals surface area contributed by atoms with Gasteiger partial charge in [-0.2, -0.15) is 0 Å². The van der Waals surface area contributed by atoms with Crippen LogP contribution in [0, 0.1) is 0 Å². The van der Waals surface area contributed by atoms with E-state index in [2.05, 4.69) is 0 Å². The van der Waals surface area contributed by atoms with E-state index >= 15 is 0 Å². The third-order valence-electron chi connectivity index (χ3n) is 3.97. The Balaban J connectivity index is 2.32. The Hall–Kier alpha value is -2.69. The minimum absolute atomic E-state index is 0.382. The van der Waals surface area contributed by atoms with Crippen molar-refractivity contribution in [2.24, 2.45) is 0 Å². The SMILES string of the molecule is COc1ccc(CC(C(=O)O)c2cccc(N(C)C)c2)cc1OC. The molecular formula is C19H23NO4. The first-order valence-electron chi connectivity index (χ1n) is 7.67. The van der Waals surface area contributed by atoms with E-state index in [1.807, 2.05) is 55.4 Å². The molecule has 2 rings (SSSR count). The van der Waals surface area contributed by atoms with Crippen molar-refractivity contribution in [1.82, 2.24) is 0 Å². The number of carboxylic acids is 1. The fourth-order valence-corrected chi connectivity index (χ4v) is 2.61. The monoisotopic (exact) mass is 329 g/mol. The van der Waals surface area contributed by atoms with Crippen LogP contribution in [0.15, 0.2) is 42.5 Å². The predicted molar refractivity (Wildman–Crippen MR) is 94.4 cm³/mol. The van der Waals surface area contributed by atoms with Gasteiger partial charge in [-0.3, -0.25) is 4.79 Å². The Kier molecular flexibility index (Phi) is 5.68. The number of carboxylic acid groups (broad SMARTS) is 1. The van der Waals surface area contributed by atoms with E-state index in [-0.39, 0.29) is 0 Å². The molecule has 0 heterocycles. The number of carbonyl (C=O) groups is 1. The average Bonchev–Trinajstić information content (AvgIpc) is 2.59. The zero-order valence-electron chi connectivity index (χ0n) is 14.4. The van der Waals surface area contributed by atoms with Crippen molar-refractivity contribution in [1.29, 1.82) is 0 Å². The van der Waals surface area contributed by atoms with Crippen LogP contribution >= 0.6 is 0 Å². The number of rotatable bonds is 7. The van der Waals surface area contributed by atoms with Gasteiger partial charge in [0, 0.05) is 19.8 Å². The Morgan fingerprint density at radius 2 is 1.79 bits per heavy atom. The van der Waals surface area contributed by atoms with Gasteiger partial charge in [0.1, 0.15) is 0 Å². The van der Waals surface area contributed by atoms with Gasteiger partial charge in [0.2, 0.25) is 0 Å². The summed E-state index contributed by atoms with van der Waals surface area (Å²) in [4.78, 5) is 13.8. The molecule has 0 aliphatic heterocycles. The van der Waals surface area contributed by atoms with Crippen LogP contribution in [-0.2, 0) is 11.2 Å². The van der Waals surface area contributed by atoms with E-state index in [9.17, 15) is 9.90 Å². The summed E-state index contributed by atoms with van der Waals surface area (Å²) in [7, 11) is 7.01. The minimum atomic E-state index is -0.847. The van der Waals surface area contributed by atoms with E-state index in [0.717, 1.165) is 16.8 Å². The fourth-order valence-electron chi connectivity index (χ4n) is 2.61. The Morgan fingerprint density at radius 3 is 2.38 bits per heavy atom. The standard InChI is InChI=1S/C19H23NO4/c1-20(2)15-7-5-6-14(12-15)16(19(21)22)10-13-8-9-17(23-3)18(11-13)24-4/h5-9,11-12,16H,10H2,1-4H3,(H,21,22). The molecule has 0 saturated carbocycles. The average molecular weight is 329 g/mol. The molecule has 24 heavy (non-hydrogen) atoms. The molecule has 2 aromatic rings. The van der Waals surface area contributed by atoms with Crippen molar-refractivity contribution >= 4 is 11.7 Å². The topological polar surface area (TPSA) is 59.0 Å². The van der Waals surface area contributed by atoms with Gasteiger partial charge in [-0.25, -0.2) is 0 Å². The van der Waals surface area contributed by atoms with Gasteiger partial charge in [-0.15, -0.1) is 0 Å². The second-order valence-corrected chi connectivity index (χ2v) is 5.77. The number of hydrogen-bond donors (Lipinski definition) is 1. The summed E-state index contributed by atoms with van der Waals surface area (Å²) < 4.78 is 10.5. The summed E-state index contributed by atoms with van der Waals surface area (Å²) in [5.74, 6) is -0.243. The number of ether oxygens (including phenoxy) is 2. The molecule has 0 fully saturated rings. The minimum Gasteiger partial charge on any atom is -0.493 e. The van der Waals surface area contributed by atoms with Crippen LogP contribution in [-0.4, -0.2) is 39.4 Å². The van der Waals surface area contributed by atoms with E-state index in [1.165, 1.54) is 0 Å². The molecule has 1 atom stereocenters. The highest BCUT2D eigenvalue weighted by Gasteiger charge is 2.21. The molecule has 0 aliphatic carbocycles. The summed E-state index contributed by atoms with van der Waals surface area (Å²) >= 11 is 0. The normalized spacial score (nSPS) is 11.7. The third kappa shape index (κ3) is 3.98. The van der Waals surface area contributed by atoms with Crippen molar-refractivity contribution in [3.8, 4) is 11.5 Å². The number of anilines is 1. The lowest BCUT2D eigenvalue weighted by atomic mass is 9.91. The van der Waals surface area contributed by atoms with E-state index in [0.29, 0.717) is 17.9 Å². The van der Waals surface area contributed by atoms with Gasteiger partial charge >= 0.3 is 5.97 Å². The zero-order valence-corrected chi connectivity index (χ0v) is 14.4. The predicted octanol–water partition coefficient (Wildman–Crippen LogP) is 3.18. The first kappa shape index (κ1) is 17.7. The van der Waals surface area contributed by atoms with Crippen molar-refractivity contribution in [3.05, 3.63) is 53.6 Å². The molecule has 1 N–H and O–H groups in total. The smallest absolute Gasteiger partial charge is 0.311 e. The second-order valence-electron chi connectivity index (χ2n) is 5.77. The lowest BCUT2D eigenvalue weighted by Gasteiger charge is -2.18. The van der Waals surface area contributed by atoms with E-state index < -0.39 is 11.9 Å². The molecule has 0 saturated heterocycles. The van der Waals surface area contributed by atoms with Gasteiger partial charge < -0.3 is 19.5 Å². The van der Waals surface area contributed by atoms with Crippen LogP contribution in [0.4, 0.5) is 5.69 Å². The maximum absolute atomic E-state index is 11.8. The highest BCUT2D eigenvalue weighted by atomic mass is 16.5. The molecule has 0 radical (unpaired) electrons. The Labute approximate surface area is 142 Å². The van der Waals surface area contributed by atoms with Gasteiger partial charge in [-0.05, 0) is 41.8 Å². The van der Waals surface area contributed by atoms with Gasteiger partial charge in [0.25, 0.3) is 0 Å². The molecule has 0 aliphatic rings. The Morgan fingerprint density at radius 1 is 1.08 bits per heavy atom. The molecule has 128 valence electrons. The largest absolute Gasteiger partial charge is 0.493 e. The fraction of sp³-hybridized carbons (Fsp3) is 0.316. The van der Waals surface area contributed by atoms with Gasteiger partial charge in [0.15, 0.2) is 11.5 Å². The van der Waals surface area contributed by atoms with Crippen LogP contribution in [0.2, 0.25) is 0 Å². The first-order valence-corrected chi connectivity index (χ1v) is 7.67. The van der Waals surface area contributed by atoms with E-state index in [1.54, 1.807) is 20.3 Å². The molecule has 0 spiro atoms. The van der Waals surface area contributed by atoms with E-state index in [4.69, 9.17) is 9.47 Å². The zero-order chi connectivity index (χ0) is 17.7. The molecule has 2 aromatic carbocycles. The maximum Gasteiger partial charge on any atom is 0.311 e. The van der Waals surface area contributed by atoms with Crippen LogP contribution in [0.25, 0.3) is 0 Å². The van der Waals surface area contributed by atoms with Crippen LogP contribution in [0.1, 0.15) is 17.0 Å². The van der Waals surface area contributed by atoms with Crippen LogP contribution in [0.3, 0.4) is 0 Å². The molecule has 5 nitrogen and oxygen atoms in total. The van der Waals surface area contributed by atoms with Crippen LogP contribution < -0.4 is 14.4 Å². The van der Waals surface area contributed by atoms with Gasteiger partial charge in [-0.1, -0.05) is 18.2 Å². The van der Waals surface area contributed by atoms with Crippen LogP contribution in [0.5, 0.6) is 11.5 Å². The maximum atomic E-state index is 11.8. The first-order chi connectivity index (χ1) is 11.5. The molecule has 0 bridgehead atoms. The molecule has 0 aromatic heterocycles. The quantitative estimate of drug-likeness (QED) is 0.845. The molecular weight excluding hydrogens is 306 g/mol. The number of benzene rings is 2. The molecule has 5 heteroatoms. The van der Waals surface area contributed by atoms with Gasteiger partial charge in [0.05, 0.1) is 20.1 Å². The van der Waals surface area contributed by atoms with Crippen molar-refractivity contribution in [3.63, 3.8) is 0 Å². The van der Waals surface area contributed by atoms with Crippen molar-refractivity contribution in [2.75, 3.05) is 33.2 Å². The number of methoxy groups -OCH3 is 2. The summed E-state index contributed by atoms with van der Waals surface area (Å²) in [6, 6.07) is 13.1. The Bertz CT molecular complexity index is 712. The summed E-state index contributed by atoms with van der Waals surface area (Å²) in [5, 5.41) is 9.68. The number of nitrogens with zero attached hydrogens (tertiary/aromatic N) is 1. The highest BCUT2D eigenvalue weighted by Crippen LogP contribution is 2.31. The summed E-state index contributed by atoms with van der Waals surface area (Å²) in [6.07, 6.45) is 0.382. The lowest BCUT2D eigenvalue weighted by molar-refractivity contribution is -0.138. The number of aliphatic carboxylic acids is 1. The molecule has 1 unspecified atom stereocenters. The summed E-state index contributed by atoms with van der Waals surface area (Å²) in [6.45, 7) is 0. The highest BCUT2D eigenvalue weighted by molar-refractivity contribution is 5.77. The molecule has 0 amide bonds. The lowest BCUT2D eigenvalue weighted by Crippen LogP contribution is -2.16. The number of hydrogen-bond acceptors (Lipinski definition) is 4. The van der Waals surface area contributed by atoms with Crippen molar-refractivity contribution in [2.45, 2.75) is 12.3 Å². The second kappa shape index (κ2) is 7.73. The third-order valence-corrected chi connectivity index (χ3v) is 3.97.